The Balaban J connectivity index is 2.54. The smallest absolute Gasteiger partial charge is 0.102 e. The SMILES string of the molecule is Cc1cc2c([nH]1)C(C)(O)CC2. The molecule has 1 aromatic heterocycles. The Morgan fingerprint density at radius 2 is 2.36 bits per heavy atom. The lowest BCUT2D eigenvalue weighted by Crippen LogP contribution is -2.17. The number of aromatic nitrogens is 1. The summed E-state index contributed by atoms with van der Waals surface area (Å²) in [5, 5.41) is 9.83. The molecule has 0 radical (unpaired) electrons. The summed E-state index contributed by atoms with van der Waals surface area (Å²) >= 11 is 0. The van der Waals surface area contributed by atoms with E-state index in [4.69, 9.17) is 0 Å². The third-order valence-corrected chi connectivity index (χ3v) is 2.45. The molecule has 11 heavy (non-hydrogen) atoms. The Hall–Kier alpha value is -0.760. The Kier molecular flexibility index (Phi) is 1.19. The lowest BCUT2D eigenvalue weighted by Gasteiger charge is -2.15. The highest BCUT2D eigenvalue weighted by Gasteiger charge is 2.33. The van der Waals surface area contributed by atoms with E-state index in [9.17, 15) is 5.11 Å². The standard InChI is InChI=1S/C9H13NO/c1-6-5-7-3-4-9(2,11)8(7)10-6/h5,10-11H,3-4H2,1-2H3. The molecule has 0 saturated heterocycles. The maximum atomic E-state index is 9.83. The molecule has 1 unspecified atom stereocenters. The van der Waals surface area contributed by atoms with Gasteiger partial charge in [0, 0.05) is 5.69 Å². The quantitative estimate of drug-likeness (QED) is 0.579. The van der Waals surface area contributed by atoms with Crippen molar-refractivity contribution in [3.05, 3.63) is 23.0 Å². The summed E-state index contributed by atoms with van der Waals surface area (Å²) in [6, 6.07) is 2.12. The lowest BCUT2D eigenvalue weighted by molar-refractivity contribution is 0.0554. The first-order chi connectivity index (χ1) is 5.09. The lowest BCUT2D eigenvalue weighted by atomic mass is 10.1. The molecule has 1 atom stereocenters. The summed E-state index contributed by atoms with van der Waals surface area (Å²) in [5.41, 5.74) is 2.85. The minimum absolute atomic E-state index is 0.608. The van der Waals surface area contributed by atoms with Crippen LogP contribution >= 0.6 is 0 Å². The first-order valence-electron chi connectivity index (χ1n) is 4.01. The summed E-state index contributed by atoms with van der Waals surface area (Å²) < 4.78 is 0. The molecule has 0 fully saturated rings. The van der Waals surface area contributed by atoms with Gasteiger partial charge >= 0.3 is 0 Å². The highest BCUT2D eigenvalue weighted by atomic mass is 16.3. The Labute approximate surface area is 66.3 Å². The van der Waals surface area contributed by atoms with Crippen molar-refractivity contribution in [3.63, 3.8) is 0 Å². The van der Waals surface area contributed by atoms with E-state index in [0.717, 1.165) is 24.2 Å². The Bertz CT molecular complexity index is 286. The molecule has 0 aromatic carbocycles. The molecule has 2 N–H and O–H groups in total. The van der Waals surface area contributed by atoms with E-state index in [2.05, 4.69) is 11.1 Å². The van der Waals surface area contributed by atoms with Crippen LogP contribution in [0.3, 0.4) is 0 Å². The first-order valence-corrected chi connectivity index (χ1v) is 4.01. The normalized spacial score (nSPS) is 29.0. The van der Waals surface area contributed by atoms with Gasteiger partial charge in [0.1, 0.15) is 5.60 Å². The fourth-order valence-electron chi connectivity index (χ4n) is 1.83. The molecule has 1 aliphatic rings. The average molecular weight is 151 g/mol. The summed E-state index contributed by atoms with van der Waals surface area (Å²) in [7, 11) is 0. The molecule has 0 amide bonds. The van der Waals surface area contributed by atoms with Crippen LogP contribution in [0.1, 0.15) is 30.3 Å². The van der Waals surface area contributed by atoms with Crippen molar-refractivity contribution < 1.29 is 5.11 Å². The van der Waals surface area contributed by atoms with Gasteiger partial charge in [-0.2, -0.15) is 0 Å². The van der Waals surface area contributed by atoms with E-state index in [1.807, 2.05) is 13.8 Å². The molecule has 2 nitrogen and oxygen atoms in total. The van der Waals surface area contributed by atoms with Crippen LogP contribution in [0.2, 0.25) is 0 Å². The van der Waals surface area contributed by atoms with Gasteiger partial charge in [0.15, 0.2) is 0 Å². The van der Waals surface area contributed by atoms with Crippen molar-refractivity contribution in [1.82, 2.24) is 4.98 Å². The van der Waals surface area contributed by atoms with Crippen LogP contribution in [0.5, 0.6) is 0 Å². The van der Waals surface area contributed by atoms with E-state index in [-0.39, 0.29) is 0 Å². The summed E-state index contributed by atoms with van der Waals surface area (Å²) in [5.74, 6) is 0. The van der Waals surface area contributed by atoms with Crippen LogP contribution in [-0.2, 0) is 12.0 Å². The molecule has 2 heteroatoms. The number of aromatic amines is 1. The van der Waals surface area contributed by atoms with Crippen molar-refractivity contribution in [2.45, 2.75) is 32.3 Å². The van der Waals surface area contributed by atoms with Crippen molar-refractivity contribution >= 4 is 0 Å². The van der Waals surface area contributed by atoms with E-state index in [1.54, 1.807) is 0 Å². The first kappa shape index (κ1) is 6.92. The third kappa shape index (κ3) is 0.897. The molecule has 1 aromatic rings. The molecule has 0 bridgehead atoms. The maximum Gasteiger partial charge on any atom is 0.102 e. The molecule has 1 heterocycles. The Morgan fingerprint density at radius 3 is 3.00 bits per heavy atom. The van der Waals surface area contributed by atoms with Gasteiger partial charge in [-0.05, 0) is 38.3 Å². The zero-order valence-corrected chi connectivity index (χ0v) is 6.94. The van der Waals surface area contributed by atoms with Gasteiger partial charge in [0.25, 0.3) is 0 Å². The zero-order valence-electron chi connectivity index (χ0n) is 6.94. The van der Waals surface area contributed by atoms with Gasteiger partial charge in [-0.1, -0.05) is 0 Å². The number of hydrogen-bond donors (Lipinski definition) is 2. The maximum absolute atomic E-state index is 9.83. The van der Waals surface area contributed by atoms with Gasteiger partial charge in [-0.15, -0.1) is 0 Å². The second-order valence-electron chi connectivity index (χ2n) is 3.63. The summed E-state index contributed by atoms with van der Waals surface area (Å²) in [4.78, 5) is 3.20. The fraction of sp³-hybridized carbons (Fsp3) is 0.556. The van der Waals surface area contributed by atoms with Crippen LogP contribution in [0, 0.1) is 6.92 Å². The second-order valence-corrected chi connectivity index (χ2v) is 3.63. The molecule has 0 aliphatic heterocycles. The number of aryl methyl sites for hydroxylation is 2. The fourth-order valence-corrected chi connectivity index (χ4v) is 1.83. The van der Waals surface area contributed by atoms with Crippen LogP contribution < -0.4 is 0 Å². The number of H-pyrrole nitrogens is 1. The summed E-state index contributed by atoms with van der Waals surface area (Å²) in [6.07, 6.45) is 1.86. The van der Waals surface area contributed by atoms with Crippen molar-refractivity contribution in [2.75, 3.05) is 0 Å². The van der Waals surface area contributed by atoms with Gasteiger partial charge in [-0.25, -0.2) is 0 Å². The third-order valence-electron chi connectivity index (χ3n) is 2.45. The largest absolute Gasteiger partial charge is 0.384 e. The number of rotatable bonds is 0. The molecule has 0 spiro atoms. The van der Waals surface area contributed by atoms with E-state index < -0.39 is 5.60 Å². The van der Waals surface area contributed by atoms with Gasteiger partial charge in [0.2, 0.25) is 0 Å². The van der Waals surface area contributed by atoms with Gasteiger partial charge in [-0.3, -0.25) is 0 Å². The average Bonchev–Trinajstić information content (AvgIpc) is 2.35. The Morgan fingerprint density at radius 1 is 1.64 bits per heavy atom. The van der Waals surface area contributed by atoms with Crippen LogP contribution in [0.4, 0.5) is 0 Å². The number of fused-ring (bicyclic) bond motifs is 1. The molecule has 1 aliphatic carbocycles. The topological polar surface area (TPSA) is 36.0 Å². The van der Waals surface area contributed by atoms with E-state index >= 15 is 0 Å². The van der Waals surface area contributed by atoms with Crippen LogP contribution in [0.15, 0.2) is 6.07 Å². The molecular formula is C9H13NO. The predicted molar refractivity (Wildman–Crippen MR) is 43.4 cm³/mol. The van der Waals surface area contributed by atoms with Crippen LogP contribution in [-0.4, -0.2) is 10.1 Å². The van der Waals surface area contributed by atoms with Crippen molar-refractivity contribution in [3.8, 4) is 0 Å². The van der Waals surface area contributed by atoms with E-state index in [1.165, 1.54) is 5.56 Å². The van der Waals surface area contributed by atoms with Crippen molar-refractivity contribution in [2.24, 2.45) is 0 Å². The van der Waals surface area contributed by atoms with Gasteiger partial charge in [0.05, 0.1) is 5.69 Å². The number of hydrogen-bond acceptors (Lipinski definition) is 1. The molecule has 0 saturated carbocycles. The second kappa shape index (κ2) is 1.89. The van der Waals surface area contributed by atoms with Crippen molar-refractivity contribution in [1.29, 1.82) is 0 Å². The molecule has 60 valence electrons. The summed E-state index contributed by atoms with van der Waals surface area (Å²) in [6.45, 7) is 3.89. The molecular weight excluding hydrogens is 138 g/mol. The van der Waals surface area contributed by atoms with Gasteiger partial charge < -0.3 is 10.1 Å². The van der Waals surface area contributed by atoms with E-state index in [0.29, 0.717) is 0 Å². The predicted octanol–water partition coefficient (Wildman–Crippen LogP) is 1.48. The minimum Gasteiger partial charge on any atom is -0.384 e. The van der Waals surface area contributed by atoms with Crippen LogP contribution in [0.25, 0.3) is 0 Å². The number of nitrogens with one attached hydrogen (secondary N) is 1. The minimum atomic E-state index is -0.608. The zero-order chi connectivity index (χ0) is 8.06. The highest BCUT2D eigenvalue weighted by molar-refractivity contribution is 5.34. The monoisotopic (exact) mass is 151 g/mol. The number of aliphatic hydroxyl groups is 1. The highest BCUT2D eigenvalue weighted by Crippen LogP contribution is 2.35. The molecule has 2 rings (SSSR count).